The maximum atomic E-state index is 12.3. The predicted octanol–water partition coefficient (Wildman–Crippen LogP) is 5.53. The molecule has 0 spiro atoms. The Labute approximate surface area is 157 Å². The van der Waals surface area contributed by atoms with Crippen LogP contribution in [0.2, 0.25) is 0 Å². The summed E-state index contributed by atoms with van der Waals surface area (Å²) in [6.07, 6.45) is 1.13. The van der Waals surface area contributed by atoms with Gasteiger partial charge >= 0.3 is 6.09 Å². The molecule has 5 nitrogen and oxygen atoms in total. The fourth-order valence-corrected chi connectivity index (χ4v) is 2.84. The second-order valence-electron chi connectivity index (χ2n) is 7.29. The number of furan rings is 1. The average Bonchev–Trinajstić information content (AvgIpc) is 3.07. The molecule has 0 unspecified atom stereocenters. The number of rotatable bonds is 5. The minimum absolute atomic E-state index is 0.131. The maximum Gasteiger partial charge on any atom is 0.407 e. The number of alkyl carbamates (subject to hydrolysis) is 1. The van der Waals surface area contributed by atoms with Crippen LogP contribution >= 0.6 is 0 Å². The molecular weight excluding hydrogens is 349 g/mol. The van der Waals surface area contributed by atoms with Crippen molar-refractivity contribution in [3.8, 4) is 11.1 Å². The minimum Gasteiger partial charge on any atom is -0.464 e. The molecule has 0 saturated carbocycles. The van der Waals surface area contributed by atoms with E-state index in [4.69, 9.17) is 9.15 Å². The van der Waals surface area contributed by atoms with Crippen LogP contribution < -0.4 is 5.32 Å². The Morgan fingerprint density at radius 1 is 1.15 bits per heavy atom. The van der Waals surface area contributed by atoms with E-state index in [0.717, 1.165) is 27.7 Å². The van der Waals surface area contributed by atoms with Crippen molar-refractivity contribution in [2.75, 3.05) is 0 Å². The molecule has 1 amide bonds. The molecule has 1 aromatic heterocycles. The highest BCUT2D eigenvalue weighted by Crippen LogP contribution is 2.32. The zero-order valence-electron chi connectivity index (χ0n) is 15.5. The summed E-state index contributed by atoms with van der Waals surface area (Å²) in [5.41, 5.74) is 3.53. The van der Waals surface area contributed by atoms with Gasteiger partial charge in [-0.25, -0.2) is 4.79 Å². The van der Waals surface area contributed by atoms with Gasteiger partial charge in [-0.15, -0.1) is 0 Å². The number of nitrogens with one attached hydrogen (secondary N) is 1. The molecule has 3 aromatic rings. The summed E-state index contributed by atoms with van der Waals surface area (Å²) in [6.45, 7) is 5.65. The fourth-order valence-electron chi connectivity index (χ4n) is 2.84. The van der Waals surface area contributed by atoms with E-state index >= 15 is 0 Å². The van der Waals surface area contributed by atoms with Crippen molar-refractivity contribution in [3.05, 3.63) is 59.9 Å². The summed E-state index contributed by atoms with van der Waals surface area (Å²) in [4.78, 5) is 15.6. The summed E-state index contributed by atoms with van der Waals surface area (Å²) in [7, 11) is 0. The molecule has 0 radical (unpaired) electrons. The number of carbonyl (C=O) groups is 1. The Balaban J connectivity index is 1.84. The molecule has 142 valence electrons. The molecule has 27 heavy (non-hydrogen) atoms. The van der Waals surface area contributed by atoms with E-state index < -0.39 is 11.7 Å². The zero-order valence-corrected chi connectivity index (χ0v) is 15.5. The lowest BCUT2D eigenvalue weighted by molar-refractivity contribution is -0.144. The number of benzene rings is 2. The third-order valence-electron chi connectivity index (χ3n) is 3.91. The Morgan fingerprint density at radius 2 is 1.96 bits per heavy atom. The van der Waals surface area contributed by atoms with Gasteiger partial charge in [0.1, 0.15) is 17.8 Å². The van der Waals surface area contributed by atoms with Crippen LogP contribution in [0.4, 0.5) is 9.32 Å². The Kier molecular flexibility index (Phi) is 5.46. The van der Waals surface area contributed by atoms with Crippen molar-refractivity contribution in [1.29, 1.82) is 0 Å². The Bertz CT molecular complexity index is 943. The highest BCUT2D eigenvalue weighted by Gasteiger charge is 2.16. The van der Waals surface area contributed by atoms with Gasteiger partial charge in [0.15, 0.2) is 0 Å². The summed E-state index contributed by atoms with van der Waals surface area (Å²) >= 11 is 0. The average molecular weight is 371 g/mol. The number of ether oxygens (including phenoxy) is 1. The van der Waals surface area contributed by atoms with E-state index in [9.17, 15) is 9.32 Å². The highest BCUT2D eigenvalue weighted by molar-refractivity contribution is 5.93. The lowest BCUT2D eigenvalue weighted by Crippen LogP contribution is -2.32. The Morgan fingerprint density at radius 3 is 2.70 bits per heavy atom. The van der Waals surface area contributed by atoms with Gasteiger partial charge in [0, 0.05) is 17.5 Å². The monoisotopic (exact) mass is 371 g/mol. The van der Waals surface area contributed by atoms with E-state index in [0.29, 0.717) is 12.1 Å². The van der Waals surface area contributed by atoms with Crippen LogP contribution in [0.25, 0.3) is 22.1 Å². The van der Waals surface area contributed by atoms with Crippen molar-refractivity contribution < 1.29 is 23.4 Å². The van der Waals surface area contributed by atoms with Crippen molar-refractivity contribution in [1.82, 2.24) is 5.32 Å². The molecule has 0 fully saturated rings. The Hall–Kier alpha value is -2.86. The van der Waals surface area contributed by atoms with Gasteiger partial charge in [-0.2, -0.15) is 4.94 Å². The number of amides is 1. The lowest BCUT2D eigenvalue weighted by Gasteiger charge is -2.19. The van der Waals surface area contributed by atoms with Crippen LogP contribution in [0.15, 0.2) is 53.1 Å². The van der Waals surface area contributed by atoms with Gasteiger partial charge in [0.25, 0.3) is 0 Å². The quantitative estimate of drug-likeness (QED) is 0.641. The van der Waals surface area contributed by atoms with Gasteiger partial charge in [0.2, 0.25) is 0 Å². The maximum absolute atomic E-state index is 12.3. The zero-order chi connectivity index (χ0) is 19.4. The lowest BCUT2D eigenvalue weighted by atomic mass is 9.99. The first-order valence-electron chi connectivity index (χ1n) is 8.65. The van der Waals surface area contributed by atoms with Crippen LogP contribution in [0.1, 0.15) is 31.9 Å². The van der Waals surface area contributed by atoms with Gasteiger partial charge in [-0.1, -0.05) is 18.2 Å². The standard InChI is InChI=1S/C21H22FNO4/c1-21(2,3)27-20(24)23-12-14-5-4-6-16(9-14)18-11-15(13-26-22)10-17-7-8-25-19(17)18/h4-11H,12-13H2,1-3H3,(H,23,24). The molecule has 2 aromatic carbocycles. The van der Waals surface area contributed by atoms with Crippen LogP contribution in [0, 0.1) is 0 Å². The van der Waals surface area contributed by atoms with Crippen molar-refractivity contribution >= 4 is 17.1 Å². The first-order valence-corrected chi connectivity index (χ1v) is 8.65. The first kappa shape index (κ1) is 18.9. The number of hydrogen-bond acceptors (Lipinski definition) is 4. The minimum atomic E-state index is -0.546. The fraction of sp³-hybridized carbons (Fsp3) is 0.286. The van der Waals surface area contributed by atoms with E-state index in [1.54, 1.807) is 6.26 Å². The third-order valence-corrected chi connectivity index (χ3v) is 3.91. The van der Waals surface area contributed by atoms with Crippen molar-refractivity contribution in [2.45, 2.75) is 39.5 Å². The van der Waals surface area contributed by atoms with E-state index in [1.807, 2.05) is 63.2 Å². The number of halogens is 1. The number of hydrogen-bond donors (Lipinski definition) is 1. The molecule has 0 aliphatic heterocycles. The van der Waals surface area contributed by atoms with E-state index in [2.05, 4.69) is 10.3 Å². The van der Waals surface area contributed by atoms with Gasteiger partial charge in [-0.3, -0.25) is 0 Å². The molecule has 0 atom stereocenters. The van der Waals surface area contributed by atoms with Crippen LogP contribution in [-0.2, 0) is 22.8 Å². The van der Waals surface area contributed by atoms with E-state index in [1.165, 1.54) is 0 Å². The van der Waals surface area contributed by atoms with Gasteiger partial charge in [0.05, 0.1) is 6.26 Å². The second kappa shape index (κ2) is 7.80. The molecule has 1 heterocycles. The first-order chi connectivity index (χ1) is 12.9. The summed E-state index contributed by atoms with van der Waals surface area (Å²) in [6, 6.07) is 13.2. The molecule has 1 N–H and O–H groups in total. The molecule has 0 saturated heterocycles. The smallest absolute Gasteiger partial charge is 0.407 e. The number of carbonyl (C=O) groups excluding carboxylic acids is 1. The van der Waals surface area contributed by atoms with Gasteiger partial charge < -0.3 is 14.5 Å². The summed E-state index contributed by atoms with van der Waals surface area (Å²) in [5, 5.41) is 3.62. The molecule has 0 aliphatic carbocycles. The van der Waals surface area contributed by atoms with Crippen molar-refractivity contribution in [2.24, 2.45) is 0 Å². The third kappa shape index (κ3) is 4.86. The summed E-state index contributed by atoms with van der Waals surface area (Å²) in [5.74, 6) is 0. The topological polar surface area (TPSA) is 60.7 Å². The van der Waals surface area contributed by atoms with Crippen LogP contribution in [-0.4, -0.2) is 11.7 Å². The molecule has 0 bridgehead atoms. The highest BCUT2D eigenvalue weighted by atomic mass is 19.3. The largest absolute Gasteiger partial charge is 0.464 e. The SMILES string of the molecule is CC(C)(C)OC(=O)NCc1cccc(-c2cc(COF)cc3ccoc23)c1. The van der Waals surface area contributed by atoms with Crippen molar-refractivity contribution in [3.63, 3.8) is 0 Å². The van der Waals surface area contributed by atoms with Gasteiger partial charge in [-0.05, 0) is 66.3 Å². The van der Waals surface area contributed by atoms with E-state index in [-0.39, 0.29) is 6.61 Å². The number of fused-ring (bicyclic) bond motifs is 1. The molecular formula is C21H22FNO4. The molecule has 3 rings (SSSR count). The summed E-state index contributed by atoms with van der Waals surface area (Å²) < 4.78 is 23.2. The predicted molar refractivity (Wildman–Crippen MR) is 101 cm³/mol. The van der Waals surface area contributed by atoms with Crippen LogP contribution in [0.5, 0.6) is 0 Å². The second-order valence-corrected chi connectivity index (χ2v) is 7.29. The normalized spacial score (nSPS) is 11.6. The molecule has 6 heteroatoms. The van der Waals surface area contributed by atoms with Crippen LogP contribution in [0.3, 0.4) is 0 Å². The molecule has 0 aliphatic rings.